The number of nitrogens with zero attached hydrogens (tertiary/aromatic N) is 1. The summed E-state index contributed by atoms with van der Waals surface area (Å²) in [5.41, 5.74) is 1.67. The lowest BCUT2D eigenvalue weighted by Crippen LogP contribution is -2.30. The topological polar surface area (TPSA) is 127 Å². The van der Waals surface area contributed by atoms with Gasteiger partial charge in [-0.1, -0.05) is 12.1 Å². The van der Waals surface area contributed by atoms with Gasteiger partial charge in [-0.3, -0.25) is 14.4 Å². The highest BCUT2D eigenvalue weighted by atomic mass is 16.5. The van der Waals surface area contributed by atoms with E-state index in [1.54, 1.807) is 36.4 Å². The Morgan fingerprint density at radius 2 is 2.00 bits per heavy atom. The molecule has 1 aliphatic heterocycles. The first kappa shape index (κ1) is 20.3. The third-order valence-electron chi connectivity index (χ3n) is 4.19. The predicted octanol–water partition coefficient (Wildman–Crippen LogP) is 1.24. The largest absolute Gasteiger partial charge is 0.480 e. The van der Waals surface area contributed by atoms with Gasteiger partial charge in [-0.25, -0.2) is 4.98 Å². The van der Waals surface area contributed by atoms with Crippen molar-refractivity contribution in [1.29, 1.82) is 0 Å². The molecule has 0 saturated carbocycles. The van der Waals surface area contributed by atoms with Crippen LogP contribution < -0.4 is 15.4 Å². The molecular formula is C20H21N3O6. The molecule has 0 spiro atoms. The third-order valence-corrected chi connectivity index (χ3v) is 4.19. The number of anilines is 1. The lowest BCUT2D eigenvalue weighted by Gasteiger charge is -2.12. The predicted molar refractivity (Wildman–Crippen MR) is 103 cm³/mol. The van der Waals surface area contributed by atoms with E-state index in [2.05, 4.69) is 15.6 Å². The molecule has 1 fully saturated rings. The van der Waals surface area contributed by atoms with Crippen LogP contribution in [0.5, 0.6) is 5.88 Å². The zero-order valence-electron chi connectivity index (χ0n) is 15.6. The highest BCUT2D eigenvalue weighted by Crippen LogP contribution is 2.17. The molecule has 1 atom stereocenters. The fraction of sp³-hybridized carbons (Fsp3) is 0.300. The molecular weight excluding hydrogens is 378 g/mol. The lowest BCUT2D eigenvalue weighted by atomic mass is 10.1. The quantitative estimate of drug-likeness (QED) is 0.610. The molecule has 0 bridgehead atoms. The number of aliphatic carboxylic acids is 1. The number of hydrogen-bond acceptors (Lipinski definition) is 6. The molecule has 1 saturated heterocycles. The van der Waals surface area contributed by atoms with Crippen LogP contribution in [0.3, 0.4) is 0 Å². The normalized spacial score (nSPS) is 15.5. The Morgan fingerprint density at radius 3 is 2.69 bits per heavy atom. The van der Waals surface area contributed by atoms with Crippen molar-refractivity contribution in [3.05, 3.63) is 53.7 Å². The van der Waals surface area contributed by atoms with Gasteiger partial charge in [0.25, 0.3) is 5.91 Å². The number of carbonyl (C=O) groups excluding carboxylic acids is 2. The summed E-state index contributed by atoms with van der Waals surface area (Å²) in [6, 6.07) is 9.90. The maximum Gasteiger partial charge on any atom is 0.322 e. The molecule has 2 aromatic rings. The van der Waals surface area contributed by atoms with Crippen molar-refractivity contribution in [3.63, 3.8) is 0 Å². The Labute approximate surface area is 167 Å². The third kappa shape index (κ3) is 6.28. The van der Waals surface area contributed by atoms with Crippen LogP contribution in [0.4, 0.5) is 5.69 Å². The molecule has 1 unspecified atom stereocenters. The van der Waals surface area contributed by atoms with Crippen LogP contribution in [-0.2, 0) is 20.7 Å². The highest BCUT2D eigenvalue weighted by Gasteiger charge is 2.18. The van der Waals surface area contributed by atoms with Gasteiger partial charge < -0.3 is 25.2 Å². The van der Waals surface area contributed by atoms with Crippen molar-refractivity contribution in [2.45, 2.75) is 18.9 Å². The van der Waals surface area contributed by atoms with Gasteiger partial charge in [0.05, 0.1) is 19.6 Å². The molecule has 2 heterocycles. The van der Waals surface area contributed by atoms with E-state index >= 15 is 0 Å². The first-order valence-electron chi connectivity index (χ1n) is 9.09. The van der Waals surface area contributed by atoms with Crippen molar-refractivity contribution < 1.29 is 29.0 Å². The number of nitrogens with one attached hydrogen (secondary N) is 2. The average Bonchev–Trinajstić information content (AvgIpc) is 3.21. The van der Waals surface area contributed by atoms with Gasteiger partial charge >= 0.3 is 5.97 Å². The second kappa shape index (κ2) is 9.65. The maximum absolute atomic E-state index is 12.5. The van der Waals surface area contributed by atoms with Gasteiger partial charge in [0.15, 0.2) is 0 Å². The summed E-state index contributed by atoms with van der Waals surface area (Å²) in [6.45, 7) is 0.749. The van der Waals surface area contributed by atoms with Gasteiger partial charge in [0.1, 0.15) is 12.6 Å². The summed E-state index contributed by atoms with van der Waals surface area (Å²) in [4.78, 5) is 38.7. The van der Waals surface area contributed by atoms with Crippen LogP contribution in [0, 0.1) is 0 Å². The van der Waals surface area contributed by atoms with Crippen LogP contribution in [0.15, 0.2) is 42.6 Å². The molecule has 152 valence electrons. The zero-order valence-corrected chi connectivity index (χ0v) is 15.6. The highest BCUT2D eigenvalue weighted by molar-refractivity contribution is 6.04. The molecule has 3 N–H and O–H groups in total. The van der Waals surface area contributed by atoms with Crippen molar-refractivity contribution in [3.8, 4) is 5.88 Å². The number of benzene rings is 1. The monoisotopic (exact) mass is 399 g/mol. The number of carbonyl (C=O) groups is 3. The fourth-order valence-electron chi connectivity index (χ4n) is 2.72. The Hall–Kier alpha value is -3.46. The standard InChI is InChI=1S/C20H21N3O6/c24-17(22-11-19(25)26)9-13-1-3-15(4-2-13)23-20(27)14-5-7-21-18(10-14)29-16-6-8-28-12-16/h1-5,7,10,16H,6,8-9,11-12H2,(H,22,24)(H,23,27)(H,25,26). The number of ether oxygens (including phenoxy) is 2. The van der Waals surface area contributed by atoms with E-state index in [1.165, 1.54) is 6.20 Å². The van der Waals surface area contributed by atoms with Crippen LogP contribution in [0.25, 0.3) is 0 Å². The molecule has 9 heteroatoms. The smallest absolute Gasteiger partial charge is 0.322 e. The molecule has 3 rings (SSSR count). The van der Waals surface area contributed by atoms with Gasteiger partial charge in [-0.05, 0) is 23.8 Å². The van der Waals surface area contributed by atoms with Gasteiger partial charge in [0.2, 0.25) is 11.8 Å². The average molecular weight is 399 g/mol. The number of pyridine rings is 1. The molecule has 0 radical (unpaired) electrons. The summed E-state index contributed by atoms with van der Waals surface area (Å²) < 4.78 is 11.0. The van der Waals surface area contributed by atoms with Crippen molar-refractivity contribution >= 4 is 23.5 Å². The van der Waals surface area contributed by atoms with E-state index in [4.69, 9.17) is 14.6 Å². The molecule has 29 heavy (non-hydrogen) atoms. The molecule has 1 aliphatic rings. The summed E-state index contributed by atoms with van der Waals surface area (Å²) >= 11 is 0. The summed E-state index contributed by atoms with van der Waals surface area (Å²) in [5.74, 6) is -1.43. The van der Waals surface area contributed by atoms with E-state index in [1.807, 2.05) is 0 Å². The summed E-state index contributed by atoms with van der Waals surface area (Å²) in [6.07, 6.45) is 2.30. The number of hydrogen-bond donors (Lipinski definition) is 3. The molecule has 1 aromatic heterocycles. The van der Waals surface area contributed by atoms with E-state index < -0.39 is 12.5 Å². The second-order valence-corrected chi connectivity index (χ2v) is 6.48. The van der Waals surface area contributed by atoms with Crippen LogP contribution in [0.1, 0.15) is 22.3 Å². The minimum Gasteiger partial charge on any atom is -0.480 e. The van der Waals surface area contributed by atoms with E-state index in [9.17, 15) is 14.4 Å². The molecule has 0 aliphatic carbocycles. The fourth-order valence-corrected chi connectivity index (χ4v) is 2.72. The number of amides is 2. The summed E-state index contributed by atoms with van der Waals surface area (Å²) in [7, 11) is 0. The first-order chi connectivity index (χ1) is 14.0. The number of rotatable bonds is 8. The van der Waals surface area contributed by atoms with Crippen LogP contribution in [0.2, 0.25) is 0 Å². The first-order valence-corrected chi connectivity index (χ1v) is 9.09. The van der Waals surface area contributed by atoms with Crippen LogP contribution in [-0.4, -0.2) is 53.7 Å². The SMILES string of the molecule is O=C(O)CNC(=O)Cc1ccc(NC(=O)c2ccnc(OC3CCOC3)c2)cc1. The number of carboxylic acid groups (broad SMARTS) is 1. The van der Waals surface area contributed by atoms with Crippen molar-refractivity contribution in [2.24, 2.45) is 0 Å². The lowest BCUT2D eigenvalue weighted by molar-refractivity contribution is -0.137. The Kier molecular flexibility index (Phi) is 6.75. The minimum absolute atomic E-state index is 0.0530. The molecule has 2 amide bonds. The maximum atomic E-state index is 12.5. The van der Waals surface area contributed by atoms with Gasteiger partial charge in [0, 0.05) is 29.9 Å². The molecule has 1 aromatic carbocycles. The van der Waals surface area contributed by atoms with E-state index in [0.717, 1.165) is 6.42 Å². The van der Waals surface area contributed by atoms with E-state index in [0.29, 0.717) is 35.9 Å². The Balaban J connectivity index is 1.55. The van der Waals surface area contributed by atoms with Crippen LogP contribution >= 0.6 is 0 Å². The minimum atomic E-state index is -1.10. The van der Waals surface area contributed by atoms with Crippen molar-refractivity contribution in [2.75, 3.05) is 25.1 Å². The Morgan fingerprint density at radius 1 is 1.21 bits per heavy atom. The van der Waals surface area contributed by atoms with Gasteiger partial charge in [-0.2, -0.15) is 0 Å². The van der Waals surface area contributed by atoms with Gasteiger partial charge in [-0.15, -0.1) is 0 Å². The second-order valence-electron chi connectivity index (χ2n) is 6.48. The number of aromatic nitrogens is 1. The number of carboxylic acids is 1. The van der Waals surface area contributed by atoms with E-state index in [-0.39, 0.29) is 24.3 Å². The Bertz CT molecular complexity index is 878. The summed E-state index contributed by atoms with van der Waals surface area (Å²) in [5, 5.41) is 13.6. The van der Waals surface area contributed by atoms with Crippen molar-refractivity contribution in [1.82, 2.24) is 10.3 Å². The molecule has 9 nitrogen and oxygen atoms in total. The zero-order chi connectivity index (χ0) is 20.6.